The van der Waals surface area contributed by atoms with Gasteiger partial charge in [-0.15, -0.1) is 11.3 Å². The lowest BCUT2D eigenvalue weighted by Gasteiger charge is -2.08. The molecule has 0 atom stereocenters. The summed E-state index contributed by atoms with van der Waals surface area (Å²) in [5.74, 6) is 1.70. The van der Waals surface area contributed by atoms with Crippen molar-refractivity contribution in [3.05, 3.63) is 39.4 Å². The molecule has 3 rings (SSSR count). The predicted octanol–water partition coefficient (Wildman–Crippen LogP) is 2.86. The Morgan fingerprint density at radius 2 is 2.07 bits per heavy atom. The van der Waals surface area contributed by atoms with Gasteiger partial charge in [-0.05, 0) is 37.3 Å². The van der Waals surface area contributed by atoms with Crippen LogP contribution in [0.3, 0.4) is 0 Å². The maximum absolute atomic E-state index is 12.6. The molecule has 3 aromatic rings. The molecule has 0 aliphatic carbocycles. The highest BCUT2D eigenvalue weighted by molar-refractivity contribution is 7.71. The van der Waals surface area contributed by atoms with Crippen molar-refractivity contribution in [1.82, 2.24) is 25.1 Å². The van der Waals surface area contributed by atoms with E-state index in [1.165, 1.54) is 11.3 Å². The van der Waals surface area contributed by atoms with Crippen LogP contribution in [0.25, 0.3) is 10.6 Å². The van der Waals surface area contributed by atoms with E-state index in [1.807, 2.05) is 25.1 Å². The van der Waals surface area contributed by atoms with Gasteiger partial charge in [-0.2, -0.15) is 5.10 Å². The molecule has 1 aromatic carbocycles. The van der Waals surface area contributed by atoms with Gasteiger partial charge in [0.15, 0.2) is 22.1 Å². The first kappa shape index (κ1) is 19.1. The van der Waals surface area contributed by atoms with Crippen molar-refractivity contribution in [2.45, 2.75) is 13.5 Å². The minimum absolute atomic E-state index is 0.203. The molecule has 10 heteroatoms. The molecule has 0 fully saturated rings. The molecule has 0 aliphatic rings. The summed E-state index contributed by atoms with van der Waals surface area (Å²) in [7, 11) is 4.96. The summed E-state index contributed by atoms with van der Waals surface area (Å²) in [6.07, 6.45) is 0. The molecule has 0 saturated heterocycles. The number of H-pyrrole nitrogens is 1. The molecule has 27 heavy (non-hydrogen) atoms. The van der Waals surface area contributed by atoms with Crippen LogP contribution in [0.15, 0.2) is 18.2 Å². The van der Waals surface area contributed by atoms with Gasteiger partial charge in [0.25, 0.3) is 5.91 Å². The average molecular weight is 406 g/mol. The SMILES string of the molecule is COc1ccc(-c2nc(C)c(C(=O)NCc3n[nH]c(=S)n3C)s2)cc1OC. The van der Waals surface area contributed by atoms with Crippen molar-refractivity contribution in [2.75, 3.05) is 14.2 Å². The highest BCUT2D eigenvalue weighted by Crippen LogP contribution is 2.34. The van der Waals surface area contributed by atoms with Gasteiger partial charge in [-0.3, -0.25) is 9.89 Å². The van der Waals surface area contributed by atoms with Crippen LogP contribution in [0.1, 0.15) is 21.2 Å². The number of hydrogen-bond acceptors (Lipinski definition) is 7. The van der Waals surface area contributed by atoms with Crippen molar-refractivity contribution in [3.63, 3.8) is 0 Å². The van der Waals surface area contributed by atoms with E-state index in [0.717, 1.165) is 10.6 Å². The summed E-state index contributed by atoms with van der Waals surface area (Å²) >= 11 is 6.39. The topological polar surface area (TPSA) is 94.1 Å². The monoisotopic (exact) mass is 405 g/mol. The Labute approximate surface area is 165 Å². The second kappa shape index (κ2) is 7.89. The zero-order valence-electron chi connectivity index (χ0n) is 15.3. The van der Waals surface area contributed by atoms with Crippen molar-refractivity contribution in [2.24, 2.45) is 7.05 Å². The van der Waals surface area contributed by atoms with Crippen LogP contribution in [0.2, 0.25) is 0 Å². The Morgan fingerprint density at radius 1 is 1.33 bits per heavy atom. The van der Waals surface area contributed by atoms with Gasteiger partial charge >= 0.3 is 0 Å². The smallest absolute Gasteiger partial charge is 0.263 e. The molecule has 142 valence electrons. The van der Waals surface area contributed by atoms with Crippen molar-refractivity contribution < 1.29 is 14.3 Å². The molecule has 2 aromatic heterocycles. The van der Waals surface area contributed by atoms with E-state index >= 15 is 0 Å². The summed E-state index contributed by atoms with van der Waals surface area (Å²) < 4.78 is 12.8. The number of amides is 1. The third-order valence-corrected chi connectivity index (χ3v) is 5.58. The maximum atomic E-state index is 12.6. The third-order valence-electron chi connectivity index (χ3n) is 4.01. The second-order valence-electron chi connectivity index (χ2n) is 5.69. The fraction of sp³-hybridized carbons (Fsp3) is 0.294. The highest BCUT2D eigenvalue weighted by atomic mass is 32.1. The molecule has 8 nitrogen and oxygen atoms in total. The van der Waals surface area contributed by atoms with Gasteiger partial charge in [0.05, 0.1) is 26.5 Å². The van der Waals surface area contributed by atoms with Crippen LogP contribution >= 0.6 is 23.6 Å². The Hall–Kier alpha value is -2.72. The summed E-state index contributed by atoms with van der Waals surface area (Å²) in [6.45, 7) is 2.08. The first-order valence-electron chi connectivity index (χ1n) is 8.03. The normalized spacial score (nSPS) is 10.7. The molecule has 0 unspecified atom stereocenters. The van der Waals surface area contributed by atoms with Gasteiger partial charge in [0, 0.05) is 12.6 Å². The minimum atomic E-state index is -0.203. The minimum Gasteiger partial charge on any atom is -0.493 e. The number of aromatic amines is 1. The third kappa shape index (κ3) is 3.86. The van der Waals surface area contributed by atoms with Crippen molar-refractivity contribution in [1.29, 1.82) is 0 Å². The number of rotatable bonds is 6. The molecule has 0 spiro atoms. The Kier molecular flexibility index (Phi) is 5.57. The first-order valence-corrected chi connectivity index (χ1v) is 9.25. The second-order valence-corrected chi connectivity index (χ2v) is 7.08. The van der Waals surface area contributed by atoms with E-state index in [1.54, 1.807) is 25.8 Å². The number of nitrogens with one attached hydrogen (secondary N) is 2. The zero-order valence-corrected chi connectivity index (χ0v) is 17.0. The number of nitrogens with zero attached hydrogens (tertiary/aromatic N) is 3. The Bertz CT molecular complexity index is 1040. The number of carbonyl (C=O) groups excluding carboxylic acids is 1. The maximum Gasteiger partial charge on any atom is 0.263 e. The lowest BCUT2D eigenvalue weighted by Crippen LogP contribution is -2.24. The van der Waals surface area contributed by atoms with Crippen molar-refractivity contribution in [3.8, 4) is 22.1 Å². The quantitative estimate of drug-likeness (QED) is 0.613. The van der Waals surface area contributed by atoms with Gasteiger partial charge in [-0.1, -0.05) is 0 Å². The highest BCUT2D eigenvalue weighted by Gasteiger charge is 2.18. The first-order chi connectivity index (χ1) is 12.9. The molecule has 2 heterocycles. The number of ether oxygens (including phenoxy) is 2. The van der Waals surface area contributed by atoms with Gasteiger partial charge in [0.1, 0.15) is 9.88 Å². The van der Waals surface area contributed by atoms with Crippen LogP contribution in [0.5, 0.6) is 11.5 Å². The summed E-state index contributed by atoms with van der Waals surface area (Å²) in [6, 6.07) is 5.54. The lowest BCUT2D eigenvalue weighted by molar-refractivity contribution is 0.0953. The molecule has 0 radical (unpaired) electrons. The fourth-order valence-electron chi connectivity index (χ4n) is 2.48. The summed E-state index contributed by atoms with van der Waals surface area (Å²) in [5, 5.41) is 10.4. The van der Waals surface area contributed by atoms with Crippen molar-refractivity contribution >= 4 is 29.5 Å². The van der Waals surface area contributed by atoms with Crippen LogP contribution in [0.4, 0.5) is 0 Å². The van der Waals surface area contributed by atoms with Gasteiger partial charge in [0.2, 0.25) is 0 Å². The van der Waals surface area contributed by atoms with Crippen LogP contribution in [-0.4, -0.2) is 39.9 Å². The molecule has 0 aliphatic heterocycles. The van der Waals surface area contributed by atoms with Crippen LogP contribution < -0.4 is 14.8 Å². The zero-order chi connectivity index (χ0) is 19.6. The molecule has 2 N–H and O–H groups in total. The molecule has 0 bridgehead atoms. The van der Waals surface area contributed by atoms with Gasteiger partial charge < -0.3 is 19.4 Å². The number of aryl methyl sites for hydroxylation is 1. The Morgan fingerprint density at radius 3 is 2.70 bits per heavy atom. The lowest BCUT2D eigenvalue weighted by atomic mass is 10.2. The molecule has 0 saturated carbocycles. The van der Waals surface area contributed by atoms with Crippen LogP contribution in [-0.2, 0) is 13.6 Å². The number of aromatic nitrogens is 4. The number of carbonyl (C=O) groups is 1. The number of methoxy groups -OCH3 is 2. The standard InChI is InChI=1S/C17H19N5O3S2/c1-9-14(15(23)18-8-13-20-21-17(26)22(13)2)27-16(19-9)10-5-6-11(24-3)12(7-10)25-4/h5-7H,8H2,1-4H3,(H,18,23)(H,21,26). The van der Waals surface area contributed by atoms with Gasteiger partial charge in [-0.25, -0.2) is 4.98 Å². The number of thiazole rings is 1. The molecular weight excluding hydrogens is 386 g/mol. The molecule has 1 amide bonds. The fourth-order valence-corrected chi connectivity index (χ4v) is 3.61. The van der Waals surface area contributed by atoms with E-state index in [2.05, 4.69) is 20.5 Å². The van der Waals surface area contributed by atoms with E-state index in [9.17, 15) is 4.79 Å². The van der Waals surface area contributed by atoms with Crippen LogP contribution in [0, 0.1) is 11.7 Å². The number of hydrogen-bond donors (Lipinski definition) is 2. The predicted molar refractivity (Wildman–Crippen MR) is 105 cm³/mol. The van der Waals surface area contributed by atoms with E-state index in [-0.39, 0.29) is 12.5 Å². The number of benzene rings is 1. The Balaban J connectivity index is 1.80. The molecular formula is C17H19N5O3S2. The largest absolute Gasteiger partial charge is 0.493 e. The van der Waals surface area contributed by atoms with E-state index in [0.29, 0.717) is 32.7 Å². The average Bonchev–Trinajstić information content (AvgIpc) is 3.22. The van der Waals surface area contributed by atoms with E-state index < -0.39 is 0 Å². The van der Waals surface area contributed by atoms with E-state index in [4.69, 9.17) is 21.7 Å². The summed E-state index contributed by atoms with van der Waals surface area (Å²) in [5.41, 5.74) is 1.52. The summed E-state index contributed by atoms with van der Waals surface area (Å²) in [4.78, 5) is 17.6.